The van der Waals surface area contributed by atoms with Crippen LogP contribution in [0.5, 0.6) is 0 Å². The van der Waals surface area contributed by atoms with Gasteiger partial charge in [-0.1, -0.05) is 29.8 Å². The first kappa shape index (κ1) is 10.5. The summed E-state index contributed by atoms with van der Waals surface area (Å²) < 4.78 is 0. The van der Waals surface area contributed by atoms with E-state index in [0.29, 0.717) is 16.5 Å². The molecule has 2 rings (SSSR count). The molecule has 0 atom stereocenters. The van der Waals surface area contributed by atoms with Crippen molar-refractivity contribution in [2.45, 2.75) is 0 Å². The molecule has 0 bridgehead atoms. The molecule has 0 aliphatic carbocycles. The third-order valence-electron chi connectivity index (χ3n) is 2.00. The highest BCUT2D eigenvalue weighted by Crippen LogP contribution is 2.23. The average Bonchev–Trinajstić information content (AvgIpc) is 2.32. The van der Waals surface area contributed by atoms with E-state index in [4.69, 9.17) is 16.9 Å². The first-order chi connectivity index (χ1) is 7.79. The number of aromatic nitrogens is 1. The summed E-state index contributed by atoms with van der Waals surface area (Å²) in [7, 11) is 0. The first-order valence-corrected chi connectivity index (χ1v) is 5.06. The van der Waals surface area contributed by atoms with E-state index in [0.717, 1.165) is 5.69 Å². The van der Waals surface area contributed by atoms with Crippen LogP contribution >= 0.6 is 11.6 Å². The number of benzene rings is 1. The lowest BCUT2D eigenvalue weighted by Gasteiger charge is -2.06. The molecule has 1 heterocycles. The van der Waals surface area contributed by atoms with Gasteiger partial charge in [-0.25, -0.2) is 4.98 Å². The summed E-state index contributed by atoms with van der Waals surface area (Å²) in [6.45, 7) is 0. The van der Waals surface area contributed by atoms with Gasteiger partial charge in [0, 0.05) is 0 Å². The van der Waals surface area contributed by atoms with Crippen molar-refractivity contribution in [1.82, 2.24) is 4.98 Å². The Morgan fingerprint density at radius 2 is 1.94 bits per heavy atom. The maximum Gasteiger partial charge on any atom is 0.142 e. The predicted octanol–water partition coefficient (Wildman–Crippen LogP) is 3.35. The number of anilines is 2. The Hall–Kier alpha value is -2.05. The fraction of sp³-hybridized carbons (Fsp3) is 0. The number of hydrogen-bond acceptors (Lipinski definition) is 3. The van der Waals surface area contributed by atoms with Crippen molar-refractivity contribution < 1.29 is 0 Å². The fourth-order valence-corrected chi connectivity index (χ4v) is 1.45. The van der Waals surface area contributed by atoms with Gasteiger partial charge in [0.1, 0.15) is 17.6 Å². The van der Waals surface area contributed by atoms with Crippen molar-refractivity contribution in [3.05, 3.63) is 53.2 Å². The van der Waals surface area contributed by atoms with E-state index in [9.17, 15) is 0 Å². The standard InChI is InChI=1S/C12H8ClN3/c13-10-5-1-2-6-11(10)16-12-7-3-4-9(8-14)15-12/h1-7H,(H,15,16). The van der Waals surface area contributed by atoms with Gasteiger partial charge in [0.05, 0.1) is 10.7 Å². The molecule has 16 heavy (non-hydrogen) atoms. The minimum atomic E-state index is 0.372. The van der Waals surface area contributed by atoms with Crippen LogP contribution in [0.25, 0.3) is 0 Å². The summed E-state index contributed by atoms with van der Waals surface area (Å²) in [4.78, 5) is 4.10. The van der Waals surface area contributed by atoms with Crippen LogP contribution in [-0.4, -0.2) is 4.98 Å². The summed E-state index contributed by atoms with van der Waals surface area (Å²) in [5.41, 5.74) is 1.14. The molecule has 0 unspecified atom stereocenters. The summed E-state index contributed by atoms with van der Waals surface area (Å²) in [6, 6.07) is 14.6. The molecule has 0 saturated carbocycles. The molecule has 78 valence electrons. The van der Waals surface area contributed by atoms with Gasteiger partial charge in [0.15, 0.2) is 0 Å². The Labute approximate surface area is 98.3 Å². The largest absolute Gasteiger partial charge is 0.339 e. The molecule has 3 nitrogen and oxygen atoms in total. The van der Waals surface area contributed by atoms with Gasteiger partial charge < -0.3 is 5.32 Å². The Balaban J connectivity index is 2.28. The predicted molar refractivity (Wildman–Crippen MR) is 63.7 cm³/mol. The first-order valence-electron chi connectivity index (χ1n) is 4.68. The number of nitrogens with one attached hydrogen (secondary N) is 1. The van der Waals surface area contributed by atoms with Crippen molar-refractivity contribution in [2.75, 3.05) is 5.32 Å². The molecule has 0 spiro atoms. The lowest BCUT2D eigenvalue weighted by atomic mass is 10.3. The number of nitrogens with zero attached hydrogens (tertiary/aromatic N) is 2. The minimum absolute atomic E-state index is 0.372. The molecule has 1 N–H and O–H groups in total. The number of hydrogen-bond donors (Lipinski definition) is 1. The van der Waals surface area contributed by atoms with Crippen molar-refractivity contribution in [3.63, 3.8) is 0 Å². The van der Waals surface area contributed by atoms with Crippen molar-refractivity contribution in [2.24, 2.45) is 0 Å². The second-order valence-electron chi connectivity index (χ2n) is 3.12. The van der Waals surface area contributed by atoms with Gasteiger partial charge in [0.2, 0.25) is 0 Å². The van der Waals surface area contributed by atoms with Crippen LogP contribution < -0.4 is 5.32 Å². The third-order valence-corrected chi connectivity index (χ3v) is 2.33. The van der Waals surface area contributed by atoms with Gasteiger partial charge >= 0.3 is 0 Å². The zero-order chi connectivity index (χ0) is 11.4. The van der Waals surface area contributed by atoms with Gasteiger partial charge in [0.25, 0.3) is 0 Å². The molecular weight excluding hydrogens is 222 g/mol. The van der Waals surface area contributed by atoms with Crippen molar-refractivity contribution in [1.29, 1.82) is 5.26 Å². The molecule has 0 aliphatic rings. The highest BCUT2D eigenvalue weighted by atomic mass is 35.5. The Morgan fingerprint density at radius 1 is 1.12 bits per heavy atom. The molecular formula is C12H8ClN3. The SMILES string of the molecule is N#Cc1cccc(Nc2ccccc2Cl)n1. The molecule has 0 radical (unpaired) electrons. The van der Waals surface area contributed by atoms with E-state index in [2.05, 4.69) is 10.3 Å². The Kier molecular flexibility index (Phi) is 3.04. The van der Waals surface area contributed by atoms with E-state index in [1.165, 1.54) is 0 Å². The summed E-state index contributed by atoms with van der Waals surface area (Å²) in [5.74, 6) is 0.604. The van der Waals surface area contributed by atoms with E-state index >= 15 is 0 Å². The summed E-state index contributed by atoms with van der Waals surface area (Å²) in [5, 5.41) is 12.4. The normalized spacial score (nSPS) is 9.50. The van der Waals surface area contributed by atoms with E-state index in [1.807, 2.05) is 24.3 Å². The summed E-state index contributed by atoms with van der Waals surface area (Å²) >= 11 is 5.99. The monoisotopic (exact) mass is 229 g/mol. The fourth-order valence-electron chi connectivity index (χ4n) is 1.27. The second-order valence-corrected chi connectivity index (χ2v) is 3.53. The van der Waals surface area contributed by atoms with Crippen LogP contribution in [0.4, 0.5) is 11.5 Å². The topological polar surface area (TPSA) is 48.7 Å². The zero-order valence-electron chi connectivity index (χ0n) is 8.31. The highest BCUT2D eigenvalue weighted by molar-refractivity contribution is 6.33. The number of pyridine rings is 1. The van der Waals surface area contributed by atoms with E-state index in [-0.39, 0.29) is 0 Å². The molecule has 2 aromatic rings. The lowest BCUT2D eigenvalue weighted by molar-refractivity contribution is 1.25. The molecule has 0 saturated heterocycles. The molecule has 0 aliphatic heterocycles. The number of nitriles is 1. The van der Waals surface area contributed by atoms with Crippen molar-refractivity contribution in [3.8, 4) is 6.07 Å². The second kappa shape index (κ2) is 4.65. The van der Waals surface area contributed by atoms with Crippen LogP contribution in [0.15, 0.2) is 42.5 Å². The van der Waals surface area contributed by atoms with Gasteiger partial charge in [-0.15, -0.1) is 0 Å². The van der Waals surface area contributed by atoms with Crippen LogP contribution in [0.1, 0.15) is 5.69 Å². The molecule has 1 aromatic carbocycles. The maximum atomic E-state index is 8.72. The maximum absolute atomic E-state index is 8.72. The molecule has 1 aromatic heterocycles. The number of para-hydroxylation sites is 1. The smallest absolute Gasteiger partial charge is 0.142 e. The molecule has 0 fully saturated rings. The van der Waals surface area contributed by atoms with E-state index in [1.54, 1.807) is 24.3 Å². The van der Waals surface area contributed by atoms with Crippen molar-refractivity contribution >= 4 is 23.1 Å². The van der Waals surface area contributed by atoms with E-state index < -0.39 is 0 Å². The van der Waals surface area contributed by atoms with Gasteiger partial charge in [-0.3, -0.25) is 0 Å². The number of rotatable bonds is 2. The minimum Gasteiger partial charge on any atom is -0.339 e. The third kappa shape index (κ3) is 2.30. The average molecular weight is 230 g/mol. The summed E-state index contributed by atoms with van der Waals surface area (Å²) in [6.07, 6.45) is 0. The van der Waals surface area contributed by atoms with Crippen LogP contribution in [0.2, 0.25) is 5.02 Å². The van der Waals surface area contributed by atoms with Crippen LogP contribution in [-0.2, 0) is 0 Å². The Morgan fingerprint density at radius 3 is 2.69 bits per heavy atom. The number of halogens is 1. The molecule has 0 amide bonds. The quantitative estimate of drug-likeness (QED) is 0.859. The van der Waals surface area contributed by atoms with Crippen LogP contribution in [0.3, 0.4) is 0 Å². The van der Waals surface area contributed by atoms with Gasteiger partial charge in [-0.05, 0) is 24.3 Å². The zero-order valence-corrected chi connectivity index (χ0v) is 9.07. The highest BCUT2D eigenvalue weighted by Gasteiger charge is 2.00. The Bertz CT molecular complexity index is 546. The lowest BCUT2D eigenvalue weighted by Crippen LogP contribution is -1.95. The molecule has 4 heteroatoms. The van der Waals surface area contributed by atoms with Gasteiger partial charge in [-0.2, -0.15) is 5.26 Å². The van der Waals surface area contributed by atoms with Crippen LogP contribution in [0, 0.1) is 11.3 Å².